The summed E-state index contributed by atoms with van der Waals surface area (Å²) in [6, 6.07) is 8.45. The summed E-state index contributed by atoms with van der Waals surface area (Å²) in [6.07, 6.45) is 2.88. The minimum atomic E-state index is -0.353. The van der Waals surface area contributed by atoms with E-state index < -0.39 is 0 Å². The van der Waals surface area contributed by atoms with Crippen molar-refractivity contribution in [2.24, 2.45) is 11.7 Å². The highest BCUT2D eigenvalue weighted by atomic mass is 16.3. The average molecular weight is 233 g/mol. The molecule has 3 N–H and O–H groups in total. The third-order valence-electron chi connectivity index (χ3n) is 4.18. The second-order valence-electron chi connectivity index (χ2n) is 5.56. The van der Waals surface area contributed by atoms with Crippen LogP contribution in [-0.4, -0.2) is 17.8 Å². The highest BCUT2D eigenvalue weighted by molar-refractivity contribution is 5.38. The molecule has 0 saturated heterocycles. The maximum absolute atomic E-state index is 10.6. The number of rotatable bonds is 3. The Morgan fingerprint density at radius 1 is 1.35 bits per heavy atom. The summed E-state index contributed by atoms with van der Waals surface area (Å²) in [5, 5.41) is 10.6. The lowest BCUT2D eigenvalue weighted by atomic mass is 9.64. The van der Waals surface area contributed by atoms with Crippen LogP contribution in [0.2, 0.25) is 0 Å². The Bertz CT molecular complexity index is 388. The van der Waals surface area contributed by atoms with Gasteiger partial charge in [0.15, 0.2) is 0 Å². The molecule has 1 aliphatic rings. The average Bonchev–Trinajstić information content (AvgIpc) is 2.37. The van der Waals surface area contributed by atoms with Crippen LogP contribution in [0.5, 0.6) is 0 Å². The first-order valence-corrected chi connectivity index (χ1v) is 6.58. The van der Waals surface area contributed by atoms with E-state index in [-0.39, 0.29) is 17.4 Å². The van der Waals surface area contributed by atoms with Crippen LogP contribution in [0.4, 0.5) is 0 Å². The van der Waals surface area contributed by atoms with Crippen molar-refractivity contribution >= 4 is 0 Å². The van der Waals surface area contributed by atoms with Gasteiger partial charge in [-0.15, -0.1) is 0 Å². The topological polar surface area (TPSA) is 46.2 Å². The Labute approximate surface area is 104 Å². The minimum absolute atomic E-state index is 0.233. The molecule has 1 aromatic rings. The van der Waals surface area contributed by atoms with Gasteiger partial charge in [-0.25, -0.2) is 0 Å². The lowest BCUT2D eigenvalue weighted by Crippen LogP contribution is -2.50. The predicted molar refractivity (Wildman–Crippen MR) is 71.0 cm³/mol. The molecule has 2 atom stereocenters. The molecule has 0 aromatic heterocycles. The van der Waals surface area contributed by atoms with E-state index in [0.717, 1.165) is 19.3 Å². The number of nitrogens with two attached hydrogens (primary N) is 1. The number of hydrogen-bond donors (Lipinski definition) is 2. The summed E-state index contributed by atoms with van der Waals surface area (Å²) in [7, 11) is 0. The maximum Gasteiger partial charge on any atom is 0.0671 e. The zero-order valence-electron chi connectivity index (χ0n) is 10.8. The molecule has 0 aliphatic heterocycles. The molecule has 0 saturated carbocycles. The fraction of sp³-hybridized carbons (Fsp3) is 0.600. The van der Waals surface area contributed by atoms with Gasteiger partial charge in [0.25, 0.3) is 0 Å². The van der Waals surface area contributed by atoms with Gasteiger partial charge in [-0.2, -0.15) is 0 Å². The molecule has 2 unspecified atom stereocenters. The van der Waals surface area contributed by atoms with Crippen molar-refractivity contribution in [2.75, 3.05) is 6.54 Å². The number of hydrogen-bond acceptors (Lipinski definition) is 2. The highest BCUT2D eigenvalue weighted by Crippen LogP contribution is 2.41. The van der Waals surface area contributed by atoms with E-state index in [4.69, 9.17) is 5.73 Å². The largest absolute Gasteiger partial charge is 0.392 e. The van der Waals surface area contributed by atoms with Crippen LogP contribution in [0.15, 0.2) is 24.3 Å². The van der Waals surface area contributed by atoms with Crippen molar-refractivity contribution in [3.63, 3.8) is 0 Å². The van der Waals surface area contributed by atoms with Gasteiger partial charge in [0, 0.05) is 12.0 Å². The van der Waals surface area contributed by atoms with Crippen molar-refractivity contribution in [3.8, 4) is 0 Å². The Morgan fingerprint density at radius 3 is 2.71 bits per heavy atom. The van der Waals surface area contributed by atoms with Gasteiger partial charge in [0.2, 0.25) is 0 Å². The predicted octanol–water partition coefficient (Wildman–Crippen LogP) is 2.24. The number of benzene rings is 1. The van der Waals surface area contributed by atoms with Crippen LogP contribution in [0.25, 0.3) is 0 Å². The quantitative estimate of drug-likeness (QED) is 0.841. The highest BCUT2D eigenvalue weighted by Gasteiger charge is 2.42. The zero-order valence-corrected chi connectivity index (χ0v) is 10.8. The van der Waals surface area contributed by atoms with Crippen LogP contribution >= 0.6 is 0 Å². The van der Waals surface area contributed by atoms with E-state index in [1.54, 1.807) is 0 Å². The summed E-state index contributed by atoms with van der Waals surface area (Å²) in [5.74, 6) is 0.240. The molecular formula is C15H23NO. The lowest BCUT2D eigenvalue weighted by Gasteiger charge is -2.43. The van der Waals surface area contributed by atoms with Gasteiger partial charge in [0.05, 0.1) is 6.10 Å². The van der Waals surface area contributed by atoms with Crippen LogP contribution in [0.3, 0.4) is 0 Å². The van der Waals surface area contributed by atoms with E-state index in [0.29, 0.717) is 6.54 Å². The zero-order chi connectivity index (χ0) is 12.5. The Morgan fingerprint density at radius 2 is 2.06 bits per heavy atom. The number of fused-ring (bicyclic) bond motifs is 1. The van der Waals surface area contributed by atoms with Crippen LogP contribution in [0, 0.1) is 5.92 Å². The molecule has 0 fully saturated rings. The van der Waals surface area contributed by atoms with E-state index >= 15 is 0 Å². The lowest BCUT2D eigenvalue weighted by molar-refractivity contribution is 0.0342. The van der Waals surface area contributed by atoms with E-state index in [1.165, 1.54) is 11.1 Å². The smallest absolute Gasteiger partial charge is 0.0671 e. The number of aliphatic hydroxyl groups is 1. The first kappa shape index (κ1) is 12.6. The second-order valence-corrected chi connectivity index (χ2v) is 5.56. The number of aryl methyl sites for hydroxylation is 1. The molecule has 0 radical (unpaired) electrons. The van der Waals surface area contributed by atoms with Gasteiger partial charge in [-0.1, -0.05) is 38.1 Å². The molecule has 2 heteroatoms. The molecule has 0 spiro atoms. The molecule has 1 aromatic carbocycles. The first-order valence-electron chi connectivity index (χ1n) is 6.58. The van der Waals surface area contributed by atoms with Crippen molar-refractivity contribution in [1.29, 1.82) is 0 Å². The summed E-state index contributed by atoms with van der Waals surface area (Å²) >= 11 is 0. The molecule has 0 amide bonds. The molecule has 2 rings (SSSR count). The van der Waals surface area contributed by atoms with Gasteiger partial charge < -0.3 is 10.8 Å². The second kappa shape index (κ2) is 4.79. The Hall–Kier alpha value is -0.860. The monoisotopic (exact) mass is 233 g/mol. The fourth-order valence-corrected chi connectivity index (χ4v) is 3.23. The van der Waals surface area contributed by atoms with Crippen molar-refractivity contribution in [2.45, 2.75) is 44.6 Å². The molecule has 17 heavy (non-hydrogen) atoms. The molecule has 94 valence electrons. The summed E-state index contributed by atoms with van der Waals surface area (Å²) < 4.78 is 0. The fourth-order valence-electron chi connectivity index (χ4n) is 3.23. The third-order valence-corrected chi connectivity index (χ3v) is 4.18. The van der Waals surface area contributed by atoms with Gasteiger partial charge in [-0.05, 0) is 36.3 Å². The standard InChI is InChI=1S/C15H23NO/c1-11(2)14(17)15(10-16)9-5-7-12-6-3-4-8-13(12)15/h3-4,6,8,11,14,17H,5,7,9-10,16H2,1-2H3. The van der Waals surface area contributed by atoms with Crippen molar-refractivity contribution < 1.29 is 5.11 Å². The minimum Gasteiger partial charge on any atom is -0.392 e. The van der Waals surface area contributed by atoms with E-state index in [9.17, 15) is 5.11 Å². The normalized spacial score (nSPS) is 25.7. The molecule has 0 heterocycles. The Balaban J connectivity index is 2.49. The summed E-state index contributed by atoms with van der Waals surface area (Å²) in [4.78, 5) is 0. The van der Waals surface area contributed by atoms with Crippen LogP contribution in [0.1, 0.15) is 37.8 Å². The van der Waals surface area contributed by atoms with Crippen LogP contribution in [-0.2, 0) is 11.8 Å². The van der Waals surface area contributed by atoms with E-state index in [1.807, 2.05) is 0 Å². The van der Waals surface area contributed by atoms with Gasteiger partial charge in [-0.3, -0.25) is 0 Å². The Kier molecular flexibility index (Phi) is 3.55. The first-order chi connectivity index (χ1) is 8.12. The third kappa shape index (κ3) is 2.00. The molecular weight excluding hydrogens is 210 g/mol. The van der Waals surface area contributed by atoms with Crippen LogP contribution < -0.4 is 5.73 Å². The SMILES string of the molecule is CC(C)C(O)C1(CN)CCCc2ccccc21. The number of aliphatic hydroxyl groups excluding tert-OH is 1. The van der Waals surface area contributed by atoms with Gasteiger partial charge >= 0.3 is 0 Å². The molecule has 2 nitrogen and oxygen atoms in total. The summed E-state index contributed by atoms with van der Waals surface area (Å²) in [6.45, 7) is 4.67. The van der Waals surface area contributed by atoms with Gasteiger partial charge in [0.1, 0.15) is 0 Å². The molecule has 1 aliphatic carbocycles. The van der Waals surface area contributed by atoms with Crippen molar-refractivity contribution in [1.82, 2.24) is 0 Å². The summed E-state index contributed by atoms with van der Waals surface area (Å²) in [5.41, 5.74) is 8.44. The maximum atomic E-state index is 10.6. The van der Waals surface area contributed by atoms with Crippen molar-refractivity contribution in [3.05, 3.63) is 35.4 Å². The van der Waals surface area contributed by atoms with E-state index in [2.05, 4.69) is 38.1 Å². The molecule has 0 bridgehead atoms.